The van der Waals surface area contributed by atoms with E-state index in [4.69, 9.17) is 5.73 Å². The Balaban J connectivity index is 2.14. The highest BCUT2D eigenvalue weighted by Crippen LogP contribution is 2.24. The van der Waals surface area contributed by atoms with E-state index in [-0.39, 0.29) is 0 Å². The molecular weight excluding hydrogens is 208 g/mol. The summed E-state index contributed by atoms with van der Waals surface area (Å²) in [6.07, 6.45) is 1.26. The smallest absolute Gasteiger partial charge is 0.227 e. The van der Waals surface area contributed by atoms with Crippen LogP contribution in [0.3, 0.4) is 0 Å². The van der Waals surface area contributed by atoms with Crippen molar-refractivity contribution in [3.8, 4) is 0 Å². The lowest BCUT2D eigenvalue weighted by Crippen LogP contribution is -2.54. The van der Waals surface area contributed by atoms with E-state index in [1.54, 1.807) is 19.2 Å². The number of hydrogen-bond acceptors (Lipinski definition) is 6. The summed E-state index contributed by atoms with van der Waals surface area (Å²) >= 11 is 0. The van der Waals surface area contributed by atoms with Crippen LogP contribution in [0.25, 0.3) is 0 Å². The minimum atomic E-state index is -1.03. The number of hydrogen-bond donors (Lipinski definition) is 3. The van der Waals surface area contributed by atoms with Crippen molar-refractivity contribution in [1.29, 1.82) is 0 Å². The van der Waals surface area contributed by atoms with Crippen LogP contribution < -0.4 is 10.6 Å². The predicted octanol–water partition coefficient (Wildman–Crippen LogP) is -0.619. The van der Waals surface area contributed by atoms with Gasteiger partial charge in [0.25, 0.3) is 0 Å². The van der Waals surface area contributed by atoms with Crippen molar-refractivity contribution in [2.45, 2.75) is 25.0 Å². The zero-order valence-electron chi connectivity index (χ0n) is 9.17. The molecule has 1 aromatic rings. The number of aliphatic hydroxyl groups is 2. The molecule has 0 radical (unpaired) electrons. The van der Waals surface area contributed by atoms with E-state index in [0.717, 1.165) is 0 Å². The lowest BCUT2D eigenvalue weighted by Gasteiger charge is -2.39. The lowest BCUT2D eigenvalue weighted by atomic mass is 9.91. The van der Waals surface area contributed by atoms with Gasteiger partial charge in [0.05, 0.1) is 11.7 Å². The van der Waals surface area contributed by atoms with Crippen LogP contribution in [0.4, 0.5) is 11.8 Å². The molecule has 88 valence electrons. The van der Waals surface area contributed by atoms with Gasteiger partial charge in [0.1, 0.15) is 5.82 Å². The molecule has 4 N–H and O–H groups in total. The molecule has 1 saturated heterocycles. The van der Waals surface area contributed by atoms with Gasteiger partial charge in [-0.05, 0) is 19.4 Å². The number of rotatable bonds is 1. The second-order valence-corrected chi connectivity index (χ2v) is 4.35. The van der Waals surface area contributed by atoms with Crippen molar-refractivity contribution in [2.75, 3.05) is 23.7 Å². The predicted molar refractivity (Wildman–Crippen MR) is 59.9 cm³/mol. The van der Waals surface area contributed by atoms with Crippen LogP contribution >= 0.6 is 0 Å². The molecule has 0 spiro atoms. The summed E-state index contributed by atoms with van der Waals surface area (Å²) in [7, 11) is 0. The van der Waals surface area contributed by atoms with Crippen LogP contribution in [-0.2, 0) is 0 Å². The summed E-state index contributed by atoms with van der Waals surface area (Å²) in [5, 5.41) is 19.6. The SMILES string of the molecule is C[C@]1(O)CCN(c2nccc(N)n2)C[C@H]1O. The first-order valence-corrected chi connectivity index (χ1v) is 5.23. The van der Waals surface area contributed by atoms with E-state index < -0.39 is 11.7 Å². The molecule has 2 heterocycles. The number of β-amino-alcohol motifs (C(OH)–C–C–N with tert-alkyl or cyclic N) is 1. The van der Waals surface area contributed by atoms with Gasteiger partial charge in [0.15, 0.2) is 0 Å². The molecule has 1 aromatic heterocycles. The standard InChI is InChI=1S/C10H16N4O2/c1-10(16)3-5-14(6-7(10)15)9-12-4-2-8(11)13-9/h2,4,7,15-16H,3,5-6H2,1H3,(H2,11,12,13)/t7-,10+/m1/s1. The van der Waals surface area contributed by atoms with E-state index in [0.29, 0.717) is 31.3 Å². The summed E-state index contributed by atoms with van der Waals surface area (Å²) in [6, 6.07) is 1.61. The van der Waals surface area contributed by atoms with E-state index in [2.05, 4.69) is 9.97 Å². The fourth-order valence-electron chi connectivity index (χ4n) is 1.72. The second-order valence-electron chi connectivity index (χ2n) is 4.35. The fourth-order valence-corrected chi connectivity index (χ4v) is 1.72. The first kappa shape index (κ1) is 11.1. The summed E-state index contributed by atoms with van der Waals surface area (Å²) in [5.41, 5.74) is 4.53. The Labute approximate surface area is 93.7 Å². The average Bonchev–Trinajstić information content (AvgIpc) is 2.22. The molecule has 6 nitrogen and oxygen atoms in total. The molecule has 1 aliphatic rings. The number of piperidine rings is 1. The van der Waals surface area contributed by atoms with E-state index in [1.807, 2.05) is 4.90 Å². The highest BCUT2D eigenvalue weighted by molar-refractivity contribution is 5.38. The summed E-state index contributed by atoms with van der Waals surface area (Å²) in [5.74, 6) is 0.895. The maximum atomic E-state index is 9.82. The third kappa shape index (κ3) is 2.07. The van der Waals surface area contributed by atoms with Crippen molar-refractivity contribution < 1.29 is 10.2 Å². The van der Waals surface area contributed by atoms with Crippen LogP contribution in [0.5, 0.6) is 0 Å². The Morgan fingerprint density at radius 1 is 1.62 bits per heavy atom. The molecular formula is C10H16N4O2. The monoisotopic (exact) mass is 224 g/mol. The molecule has 2 atom stereocenters. The molecule has 0 amide bonds. The Bertz CT molecular complexity index is 383. The highest BCUT2D eigenvalue weighted by Gasteiger charge is 2.37. The van der Waals surface area contributed by atoms with Crippen molar-refractivity contribution in [3.63, 3.8) is 0 Å². The Kier molecular flexibility index (Phi) is 2.69. The summed E-state index contributed by atoms with van der Waals surface area (Å²) in [6.45, 7) is 2.55. The first-order valence-electron chi connectivity index (χ1n) is 5.23. The molecule has 0 aliphatic carbocycles. The van der Waals surface area contributed by atoms with Gasteiger partial charge in [-0.3, -0.25) is 0 Å². The van der Waals surface area contributed by atoms with E-state index in [9.17, 15) is 10.2 Å². The number of nitrogen functional groups attached to an aromatic ring is 1. The minimum absolute atomic E-state index is 0.316. The van der Waals surface area contributed by atoms with Crippen LogP contribution in [-0.4, -0.2) is 45.0 Å². The Morgan fingerprint density at radius 3 is 3.00 bits per heavy atom. The zero-order chi connectivity index (χ0) is 11.8. The van der Waals surface area contributed by atoms with Crippen LogP contribution in [0.2, 0.25) is 0 Å². The second kappa shape index (κ2) is 3.88. The van der Waals surface area contributed by atoms with Gasteiger partial charge in [0, 0.05) is 19.3 Å². The number of anilines is 2. The van der Waals surface area contributed by atoms with Crippen molar-refractivity contribution >= 4 is 11.8 Å². The van der Waals surface area contributed by atoms with Gasteiger partial charge in [-0.1, -0.05) is 0 Å². The molecule has 0 bridgehead atoms. The van der Waals surface area contributed by atoms with Crippen molar-refractivity contribution in [3.05, 3.63) is 12.3 Å². The summed E-state index contributed by atoms with van der Waals surface area (Å²) < 4.78 is 0. The summed E-state index contributed by atoms with van der Waals surface area (Å²) in [4.78, 5) is 9.98. The molecule has 6 heteroatoms. The maximum absolute atomic E-state index is 9.82. The fraction of sp³-hybridized carbons (Fsp3) is 0.600. The number of aliphatic hydroxyl groups excluding tert-OH is 1. The maximum Gasteiger partial charge on any atom is 0.227 e. The highest BCUT2D eigenvalue weighted by atomic mass is 16.3. The third-order valence-corrected chi connectivity index (χ3v) is 2.95. The molecule has 1 aliphatic heterocycles. The lowest BCUT2D eigenvalue weighted by molar-refractivity contribution is -0.0724. The van der Waals surface area contributed by atoms with E-state index in [1.165, 1.54) is 0 Å². The third-order valence-electron chi connectivity index (χ3n) is 2.95. The normalized spacial score (nSPS) is 30.4. The van der Waals surface area contributed by atoms with Gasteiger partial charge >= 0.3 is 0 Å². The molecule has 0 unspecified atom stereocenters. The van der Waals surface area contributed by atoms with Crippen LogP contribution in [0.1, 0.15) is 13.3 Å². The quantitative estimate of drug-likeness (QED) is 0.588. The van der Waals surface area contributed by atoms with Crippen molar-refractivity contribution in [2.24, 2.45) is 0 Å². The molecule has 2 rings (SSSR count). The Hall–Kier alpha value is -1.40. The van der Waals surface area contributed by atoms with Gasteiger partial charge in [0.2, 0.25) is 5.95 Å². The number of aromatic nitrogens is 2. The molecule has 0 saturated carbocycles. The van der Waals surface area contributed by atoms with Crippen LogP contribution in [0, 0.1) is 0 Å². The first-order chi connectivity index (χ1) is 7.49. The number of nitrogens with zero attached hydrogens (tertiary/aromatic N) is 3. The van der Waals surface area contributed by atoms with Crippen molar-refractivity contribution in [1.82, 2.24) is 9.97 Å². The average molecular weight is 224 g/mol. The molecule has 0 aromatic carbocycles. The van der Waals surface area contributed by atoms with Gasteiger partial charge < -0.3 is 20.8 Å². The van der Waals surface area contributed by atoms with Gasteiger partial charge in [-0.2, -0.15) is 4.98 Å². The molecule has 1 fully saturated rings. The molecule has 16 heavy (non-hydrogen) atoms. The number of nitrogens with two attached hydrogens (primary N) is 1. The zero-order valence-corrected chi connectivity index (χ0v) is 9.17. The largest absolute Gasteiger partial charge is 0.388 e. The minimum Gasteiger partial charge on any atom is -0.388 e. The topological polar surface area (TPSA) is 95.5 Å². The van der Waals surface area contributed by atoms with Gasteiger partial charge in [-0.25, -0.2) is 4.98 Å². The van der Waals surface area contributed by atoms with Gasteiger partial charge in [-0.15, -0.1) is 0 Å². The van der Waals surface area contributed by atoms with Crippen LogP contribution in [0.15, 0.2) is 12.3 Å². The Morgan fingerprint density at radius 2 is 2.38 bits per heavy atom. The van der Waals surface area contributed by atoms with E-state index >= 15 is 0 Å².